The molecule has 0 N–H and O–H groups in total. The molecule has 23 heavy (non-hydrogen) atoms. The Morgan fingerprint density at radius 1 is 1.22 bits per heavy atom. The largest absolute Gasteiger partial charge is 0.481 e. The number of rotatable bonds is 4. The van der Waals surface area contributed by atoms with Gasteiger partial charge in [-0.15, -0.1) is 0 Å². The second kappa shape index (κ2) is 7.50. The van der Waals surface area contributed by atoms with E-state index in [0.717, 1.165) is 25.7 Å². The standard InChI is InChI=1S/C19H25NO3/c1-19(2,3)15-8-10-16(11-9-15)23-18(21)13-22-17-7-5-4-6-14(17)12-20/h4-7,15-16H,8-11,13H2,1-3H3. The van der Waals surface area contributed by atoms with E-state index < -0.39 is 0 Å². The lowest BCUT2D eigenvalue weighted by Crippen LogP contribution is -2.31. The minimum atomic E-state index is -0.364. The lowest BCUT2D eigenvalue weighted by molar-refractivity contribution is -0.153. The van der Waals surface area contributed by atoms with Gasteiger partial charge in [-0.2, -0.15) is 5.26 Å². The minimum Gasteiger partial charge on any atom is -0.481 e. The summed E-state index contributed by atoms with van der Waals surface area (Å²) in [6, 6.07) is 8.92. The van der Waals surface area contributed by atoms with Crippen molar-refractivity contribution in [2.75, 3.05) is 6.61 Å². The van der Waals surface area contributed by atoms with Crippen LogP contribution in [0.5, 0.6) is 5.75 Å². The molecule has 0 aromatic heterocycles. The van der Waals surface area contributed by atoms with E-state index in [2.05, 4.69) is 20.8 Å². The molecule has 0 spiro atoms. The topological polar surface area (TPSA) is 59.3 Å². The lowest BCUT2D eigenvalue weighted by Gasteiger charge is -2.36. The van der Waals surface area contributed by atoms with Crippen LogP contribution in [-0.4, -0.2) is 18.7 Å². The van der Waals surface area contributed by atoms with Gasteiger partial charge in [-0.25, -0.2) is 4.79 Å². The van der Waals surface area contributed by atoms with Crippen molar-refractivity contribution in [2.45, 2.75) is 52.6 Å². The molecule has 0 heterocycles. The zero-order chi connectivity index (χ0) is 16.9. The smallest absolute Gasteiger partial charge is 0.344 e. The van der Waals surface area contributed by atoms with Crippen LogP contribution in [0.15, 0.2) is 24.3 Å². The van der Waals surface area contributed by atoms with Crippen LogP contribution in [0.3, 0.4) is 0 Å². The van der Waals surface area contributed by atoms with Crippen LogP contribution in [0.4, 0.5) is 0 Å². The molecule has 1 aliphatic rings. The maximum atomic E-state index is 11.9. The normalized spacial score (nSPS) is 21.3. The second-order valence-electron chi connectivity index (χ2n) is 7.23. The number of esters is 1. The Balaban J connectivity index is 1.77. The molecule has 0 atom stereocenters. The lowest BCUT2D eigenvalue weighted by atomic mass is 9.72. The number of hydrogen-bond donors (Lipinski definition) is 0. The van der Waals surface area contributed by atoms with E-state index in [0.29, 0.717) is 22.6 Å². The van der Waals surface area contributed by atoms with Crippen molar-refractivity contribution in [2.24, 2.45) is 11.3 Å². The van der Waals surface area contributed by atoms with Crippen molar-refractivity contribution in [1.82, 2.24) is 0 Å². The zero-order valence-electron chi connectivity index (χ0n) is 14.2. The van der Waals surface area contributed by atoms with Crippen molar-refractivity contribution < 1.29 is 14.3 Å². The van der Waals surface area contributed by atoms with Crippen LogP contribution >= 0.6 is 0 Å². The maximum absolute atomic E-state index is 11.9. The van der Waals surface area contributed by atoms with Crippen LogP contribution in [-0.2, 0) is 9.53 Å². The molecule has 0 bridgehead atoms. The Bertz CT molecular complexity index is 575. The van der Waals surface area contributed by atoms with Gasteiger partial charge in [-0.1, -0.05) is 32.9 Å². The number of carbonyl (C=O) groups is 1. The first-order valence-electron chi connectivity index (χ1n) is 8.21. The van der Waals surface area contributed by atoms with Gasteiger partial charge in [0.15, 0.2) is 6.61 Å². The number of para-hydroxylation sites is 1. The van der Waals surface area contributed by atoms with Crippen molar-refractivity contribution in [3.8, 4) is 11.8 Å². The number of benzene rings is 1. The summed E-state index contributed by atoms with van der Waals surface area (Å²) in [5.41, 5.74) is 0.741. The molecule has 0 amide bonds. The molecule has 0 aliphatic heterocycles. The van der Waals surface area contributed by atoms with E-state index in [1.54, 1.807) is 24.3 Å². The third-order valence-corrected chi connectivity index (χ3v) is 4.55. The highest BCUT2D eigenvalue weighted by atomic mass is 16.6. The van der Waals surface area contributed by atoms with Crippen LogP contribution in [0, 0.1) is 22.7 Å². The van der Waals surface area contributed by atoms with Crippen LogP contribution in [0.1, 0.15) is 52.0 Å². The van der Waals surface area contributed by atoms with Gasteiger partial charge in [0.05, 0.1) is 5.56 Å². The fraction of sp³-hybridized carbons (Fsp3) is 0.579. The van der Waals surface area contributed by atoms with E-state index in [9.17, 15) is 4.79 Å². The molecule has 0 radical (unpaired) electrons. The second-order valence-corrected chi connectivity index (χ2v) is 7.23. The molecule has 4 heteroatoms. The van der Waals surface area contributed by atoms with Gasteiger partial charge in [0.2, 0.25) is 0 Å². The zero-order valence-corrected chi connectivity index (χ0v) is 14.2. The average Bonchev–Trinajstić information content (AvgIpc) is 2.53. The SMILES string of the molecule is CC(C)(C)C1CCC(OC(=O)COc2ccccc2C#N)CC1. The maximum Gasteiger partial charge on any atom is 0.344 e. The van der Waals surface area contributed by atoms with Crippen LogP contribution in [0.2, 0.25) is 0 Å². The number of hydrogen-bond acceptors (Lipinski definition) is 4. The van der Waals surface area contributed by atoms with Gasteiger partial charge in [0.25, 0.3) is 0 Å². The highest BCUT2D eigenvalue weighted by Gasteiger charge is 2.31. The molecule has 2 rings (SSSR count). The molecule has 1 fully saturated rings. The van der Waals surface area contributed by atoms with Gasteiger partial charge < -0.3 is 9.47 Å². The molecular weight excluding hydrogens is 290 g/mol. The summed E-state index contributed by atoms with van der Waals surface area (Å²) in [7, 11) is 0. The van der Waals surface area contributed by atoms with Gasteiger partial charge in [-0.05, 0) is 49.1 Å². The highest BCUT2D eigenvalue weighted by molar-refractivity contribution is 5.71. The molecule has 1 aliphatic carbocycles. The molecule has 0 saturated heterocycles. The summed E-state index contributed by atoms with van der Waals surface area (Å²) in [5, 5.41) is 8.99. The minimum absolute atomic E-state index is 0.00379. The fourth-order valence-corrected chi connectivity index (χ4v) is 3.09. The quantitative estimate of drug-likeness (QED) is 0.785. The molecule has 0 unspecified atom stereocenters. The summed E-state index contributed by atoms with van der Waals surface area (Å²) in [4.78, 5) is 11.9. The first-order chi connectivity index (χ1) is 10.9. The third kappa shape index (κ3) is 4.99. The summed E-state index contributed by atoms with van der Waals surface area (Å²) in [6.45, 7) is 6.65. The Morgan fingerprint density at radius 3 is 2.48 bits per heavy atom. The Hall–Kier alpha value is -2.02. The molecule has 1 aromatic rings. The van der Waals surface area contributed by atoms with Gasteiger partial charge in [-0.3, -0.25) is 0 Å². The summed E-state index contributed by atoms with van der Waals surface area (Å²) >= 11 is 0. The number of carbonyl (C=O) groups excluding carboxylic acids is 1. The van der Waals surface area contributed by atoms with E-state index in [-0.39, 0.29) is 18.7 Å². The Kier molecular flexibility index (Phi) is 5.65. The summed E-state index contributed by atoms with van der Waals surface area (Å²) < 4.78 is 10.9. The predicted molar refractivity (Wildman–Crippen MR) is 87.9 cm³/mol. The van der Waals surface area contributed by atoms with Gasteiger partial charge >= 0.3 is 5.97 Å². The van der Waals surface area contributed by atoms with E-state index in [1.165, 1.54) is 0 Å². The van der Waals surface area contributed by atoms with Gasteiger partial charge in [0, 0.05) is 0 Å². The molecular formula is C19H25NO3. The number of nitrogens with zero attached hydrogens (tertiary/aromatic N) is 1. The Labute approximate surface area is 138 Å². The van der Waals surface area contributed by atoms with Crippen LogP contribution < -0.4 is 4.74 Å². The summed E-state index contributed by atoms with van der Waals surface area (Å²) in [6.07, 6.45) is 4.03. The van der Waals surface area contributed by atoms with E-state index in [1.807, 2.05) is 6.07 Å². The monoisotopic (exact) mass is 315 g/mol. The average molecular weight is 315 g/mol. The van der Waals surface area contributed by atoms with Crippen molar-refractivity contribution >= 4 is 5.97 Å². The predicted octanol–water partition coefficient (Wildman–Crippen LogP) is 4.09. The molecule has 124 valence electrons. The first kappa shape index (κ1) is 17.3. The van der Waals surface area contributed by atoms with E-state index >= 15 is 0 Å². The van der Waals surface area contributed by atoms with Crippen molar-refractivity contribution in [1.29, 1.82) is 5.26 Å². The van der Waals surface area contributed by atoms with Crippen LogP contribution in [0.25, 0.3) is 0 Å². The number of nitriles is 1. The summed E-state index contributed by atoms with van der Waals surface area (Å²) in [5.74, 6) is 0.747. The molecule has 1 saturated carbocycles. The Morgan fingerprint density at radius 2 is 1.87 bits per heavy atom. The highest BCUT2D eigenvalue weighted by Crippen LogP contribution is 2.38. The van der Waals surface area contributed by atoms with Crippen molar-refractivity contribution in [3.05, 3.63) is 29.8 Å². The number of ether oxygens (including phenoxy) is 2. The third-order valence-electron chi connectivity index (χ3n) is 4.55. The van der Waals surface area contributed by atoms with Gasteiger partial charge in [0.1, 0.15) is 17.9 Å². The van der Waals surface area contributed by atoms with Crippen molar-refractivity contribution in [3.63, 3.8) is 0 Å². The molecule has 4 nitrogen and oxygen atoms in total. The first-order valence-corrected chi connectivity index (χ1v) is 8.21. The molecule has 1 aromatic carbocycles. The van der Waals surface area contributed by atoms with E-state index in [4.69, 9.17) is 14.7 Å². The fourth-order valence-electron chi connectivity index (χ4n) is 3.09.